The highest BCUT2D eigenvalue weighted by atomic mass is 35.5. The lowest BCUT2D eigenvalue weighted by Gasteiger charge is -2.15. The predicted octanol–water partition coefficient (Wildman–Crippen LogP) is 4.23. The van der Waals surface area contributed by atoms with Gasteiger partial charge in [0.15, 0.2) is 15.9 Å². The van der Waals surface area contributed by atoms with Crippen LogP contribution in [-0.2, 0) is 19.4 Å². The van der Waals surface area contributed by atoms with Crippen molar-refractivity contribution in [3.8, 4) is 0 Å². The van der Waals surface area contributed by atoms with Crippen molar-refractivity contribution in [2.45, 2.75) is 17.9 Å². The molecule has 2 aromatic carbocycles. The summed E-state index contributed by atoms with van der Waals surface area (Å²) in [7, 11) is -3.54. The maximum atomic E-state index is 12.3. The molecule has 2 rings (SSSR count). The number of carbonyl (C=O) groups is 2. The van der Waals surface area contributed by atoms with Gasteiger partial charge in [-0.1, -0.05) is 34.8 Å². The van der Waals surface area contributed by atoms with Gasteiger partial charge in [-0.15, -0.1) is 0 Å². The Labute approximate surface area is 171 Å². The number of nitrogens with one attached hydrogen (secondary N) is 1. The quantitative estimate of drug-likeness (QED) is 0.688. The Balaban J connectivity index is 2.15. The summed E-state index contributed by atoms with van der Waals surface area (Å²) in [5.41, 5.74) is 0.0919. The van der Waals surface area contributed by atoms with Crippen LogP contribution in [0, 0.1) is 0 Å². The summed E-state index contributed by atoms with van der Waals surface area (Å²) < 4.78 is 28.3. The van der Waals surface area contributed by atoms with Crippen LogP contribution in [0.25, 0.3) is 0 Å². The van der Waals surface area contributed by atoms with Crippen molar-refractivity contribution in [2.24, 2.45) is 0 Å². The van der Waals surface area contributed by atoms with Crippen LogP contribution in [-0.4, -0.2) is 32.7 Å². The Bertz CT molecular complexity index is 1010. The van der Waals surface area contributed by atoms with Crippen molar-refractivity contribution in [2.75, 3.05) is 11.6 Å². The average Bonchev–Trinajstić information content (AvgIpc) is 2.57. The van der Waals surface area contributed by atoms with Gasteiger partial charge in [0.2, 0.25) is 0 Å². The molecule has 0 saturated heterocycles. The van der Waals surface area contributed by atoms with Crippen molar-refractivity contribution < 1.29 is 22.7 Å². The smallest absolute Gasteiger partial charge is 0.340 e. The van der Waals surface area contributed by atoms with E-state index in [1.165, 1.54) is 31.2 Å². The first-order valence-electron chi connectivity index (χ1n) is 7.45. The highest BCUT2D eigenvalue weighted by Gasteiger charge is 2.23. The third kappa shape index (κ3) is 5.59. The van der Waals surface area contributed by atoms with E-state index in [-0.39, 0.29) is 26.2 Å². The lowest BCUT2D eigenvalue weighted by molar-refractivity contribution is -0.123. The van der Waals surface area contributed by atoms with Crippen LogP contribution in [0.1, 0.15) is 17.3 Å². The summed E-state index contributed by atoms with van der Waals surface area (Å²) >= 11 is 17.8. The van der Waals surface area contributed by atoms with Gasteiger partial charge < -0.3 is 10.1 Å². The Morgan fingerprint density at radius 1 is 1.04 bits per heavy atom. The maximum Gasteiger partial charge on any atom is 0.340 e. The van der Waals surface area contributed by atoms with Crippen molar-refractivity contribution >= 4 is 62.2 Å². The molecular weight excluding hydrogens is 437 g/mol. The zero-order valence-electron chi connectivity index (χ0n) is 14.1. The van der Waals surface area contributed by atoms with Crippen LogP contribution >= 0.6 is 34.8 Å². The number of hydrogen-bond donors (Lipinski definition) is 1. The summed E-state index contributed by atoms with van der Waals surface area (Å²) in [6.45, 7) is 1.35. The molecule has 1 amide bonds. The number of esters is 1. The van der Waals surface area contributed by atoms with Gasteiger partial charge >= 0.3 is 5.97 Å². The molecule has 0 radical (unpaired) electrons. The standard InChI is InChI=1S/C17H14Cl3NO5S/c1-9(16(22)21-15-7-10(18)3-5-14(15)20)26-17(23)12-8-11(27(2,24)25)4-6-13(12)19/h3-9H,1-2H3,(H,21,22)/t9-/m1/s1. The molecule has 0 bridgehead atoms. The minimum Gasteiger partial charge on any atom is -0.449 e. The van der Waals surface area contributed by atoms with E-state index < -0.39 is 27.8 Å². The van der Waals surface area contributed by atoms with E-state index in [1.54, 1.807) is 6.07 Å². The monoisotopic (exact) mass is 449 g/mol. The third-order valence-corrected chi connectivity index (χ3v) is 5.43. The second-order valence-corrected chi connectivity index (χ2v) is 8.84. The molecular formula is C17H14Cl3NO5S. The summed E-state index contributed by atoms with van der Waals surface area (Å²) in [5, 5.41) is 3.12. The Kier molecular flexibility index (Phi) is 6.75. The van der Waals surface area contributed by atoms with Crippen LogP contribution in [0.3, 0.4) is 0 Å². The molecule has 0 spiro atoms. The van der Waals surface area contributed by atoms with Crippen LogP contribution in [0.5, 0.6) is 0 Å². The minimum atomic E-state index is -3.54. The SMILES string of the molecule is C[C@@H](OC(=O)c1cc(S(C)(=O)=O)ccc1Cl)C(=O)Nc1cc(Cl)ccc1Cl. The second-order valence-electron chi connectivity index (χ2n) is 5.57. The molecule has 2 aromatic rings. The van der Waals surface area contributed by atoms with Gasteiger partial charge in [-0.05, 0) is 43.3 Å². The lowest BCUT2D eigenvalue weighted by Crippen LogP contribution is -2.30. The zero-order valence-corrected chi connectivity index (χ0v) is 17.2. The fourth-order valence-corrected chi connectivity index (χ4v) is 3.18. The molecule has 0 aliphatic rings. The van der Waals surface area contributed by atoms with E-state index >= 15 is 0 Å². The average molecular weight is 451 g/mol. The highest BCUT2D eigenvalue weighted by Crippen LogP contribution is 2.26. The van der Waals surface area contributed by atoms with Gasteiger partial charge in [-0.3, -0.25) is 4.79 Å². The van der Waals surface area contributed by atoms with E-state index in [2.05, 4.69) is 5.32 Å². The molecule has 0 aliphatic carbocycles. The normalized spacial score (nSPS) is 12.3. The number of rotatable bonds is 5. The van der Waals surface area contributed by atoms with Gasteiger partial charge in [0, 0.05) is 11.3 Å². The molecule has 10 heteroatoms. The summed E-state index contributed by atoms with van der Waals surface area (Å²) in [6.07, 6.45) is -0.207. The number of ether oxygens (including phenoxy) is 1. The number of carbonyl (C=O) groups excluding carboxylic acids is 2. The molecule has 27 heavy (non-hydrogen) atoms. The van der Waals surface area contributed by atoms with Gasteiger partial charge in [-0.2, -0.15) is 0 Å². The molecule has 0 aliphatic heterocycles. The molecule has 0 aromatic heterocycles. The lowest BCUT2D eigenvalue weighted by atomic mass is 10.2. The molecule has 0 unspecified atom stereocenters. The minimum absolute atomic E-state index is 0.00195. The maximum absolute atomic E-state index is 12.3. The zero-order chi connectivity index (χ0) is 20.4. The molecule has 0 saturated carbocycles. The molecule has 144 valence electrons. The first kappa shape index (κ1) is 21.5. The van der Waals surface area contributed by atoms with Crippen molar-refractivity contribution in [3.63, 3.8) is 0 Å². The topological polar surface area (TPSA) is 89.5 Å². The van der Waals surface area contributed by atoms with Crippen molar-refractivity contribution in [1.82, 2.24) is 0 Å². The van der Waals surface area contributed by atoms with E-state index in [0.29, 0.717) is 5.02 Å². The van der Waals surface area contributed by atoms with Gasteiger partial charge in [0.05, 0.1) is 26.2 Å². The summed E-state index contributed by atoms with van der Waals surface area (Å²) in [6, 6.07) is 8.14. The predicted molar refractivity (Wildman–Crippen MR) is 105 cm³/mol. The largest absolute Gasteiger partial charge is 0.449 e. The van der Waals surface area contributed by atoms with Crippen LogP contribution < -0.4 is 5.32 Å². The number of amides is 1. The number of hydrogen-bond acceptors (Lipinski definition) is 5. The van der Waals surface area contributed by atoms with E-state index in [4.69, 9.17) is 39.5 Å². The molecule has 0 heterocycles. The summed E-state index contributed by atoms with van der Waals surface area (Å²) in [4.78, 5) is 24.4. The molecule has 6 nitrogen and oxygen atoms in total. The number of sulfone groups is 1. The Hall–Kier alpha value is -1.80. The van der Waals surface area contributed by atoms with E-state index in [9.17, 15) is 18.0 Å². The van der Waals surface area contributed by atoms with Crippen molar-refractivity contribution in [1.29, 1.82) is 0 Å². The number of anilines is 1. The van der Waals surface area contributed by atoms with Crippen molar-refractivity contribution in [3.05, 3.63) is 57.0 Å². The highest BCUT2D eigenvalue weighted by molar-refractivity contribution is 7.90. The van der Waals surface area contributed by atoms with Gasteiger partial charge in [0.1, 0.15) is 0 Å². The van der Waals surface area contributed by atoms with Crippen LogP contribution in [0.15, 0.2) is 41.3 Å². The fraction of sp³-hybridized carbons (Fsp3) is 0.176. The number of halogens is 3. The van der Waals surface area contributed by atoms with Gasteiger partial charge in [0.25, 0.3) is 5.91 Å². The second kappa shape index (κ2) is 8.48. The van der Waals surface area contributed by atoms with Crippen LogP contribution in [0.2, 0.25) is 15.1 Å². The van der Waals surface area contributed by atoms with E-state index in [1.807, 2.05) is 0 Å². The Morgan fingerprint density at radius 3 is 2.30 bits per heavy atom. The van der Waals surface area contributed by atoms with Crippen LogP contribution in [0.4, 0.5) is 5.69 Å². The van der Waals surface area contributed by atoms with E-state index in [0.717, 1.165) is 12.3 Å². The molecule has 1 atom stereocenters. The first-order valence-corrected chi connectivity index (χ1v) is 10.5. The fourth-order valence-electron chi connectivity index (χ4n) is 2.00. The van der Waals surface area contributed by atoms with Gasteiger partial charge in [-0.25, -0.2) is 13.2 Å². The number of benzene rings is 2. The first-order chi connectivity index (χ1) is 12.5. The Morgan fingerprint density at radius 2 is 1.67 bits per heavy atom. The molecule has 1 N–H and O–H groups in total. The molecule has 0 fully saturated rings. The summed E-state index contributed by atoms with van der Waals surface area (Å²) in [5.74, 6) is -1.59. The third-order valence-electron chi connectivity index (χ3n) is 3.43.